The largest absolute Gasteiger partial charge is 0.492 e. The Hall–Kier alpha value is -2.87. The molecule has 1 aliphatic heterocycles. The first kappa shape index (κ1) is 20.9. The number of thiophene rings is 1. The molecule has 1 aromatic carbocycles. The maximum atomic E-state index is 12.3. The van der Waals surface area contributed by atoms with E-state index in [1.165, 1.54) is 11.3 Å². The Morgan fingerprint density at radius 2 is 1.83 bits per heavy atom. The number of hydrogen-bond donors (Lipinski definition) is 1. The van der Waals surface area contributed by atoms with Gasteiger partial charge in [0.15, 0.2) is 6.61 Å². The summed E-state index contributed by atoms with van der Waals surface area (Å²) in [4.78, 5) is 38.8. The van der Waals surface area contributed by atoms with Crippen molar-refractivity contribution >= 4 is 29.1 Å². The number of amides is 2. The lowest BCUT2D eigenvalue weighted by Crippen LogP contribution is -2.41. The molecule has 1 aliphatic rings. The molecule has 0 aliphatic carbocycles. The Labute approximate surface area is 173 Å². The van der Waals surface area contributed by atoms with Gasteiger partial charge >= 0.3 is 5.97 Å². The smallest absolute Gasteiger partial charge is 0.309 e. The average Bonchev–Trinajstić information content (AvgIpc) is 3.30. The maximum Gasteiger partial charge on any atom is 0.309 e. The number of ether oxygens (including phenoxy) is 2. The van der Waals surface area contributed by atoms with Gasteiger partial charge in [-0.15, -0.1) is 11.3 Å². The molecule has 0 spiro atoms. The van der Waals surface area contributed by atoms with Crippen molar-refractivity contribution in [3.8, 4) is 5.75 Å². The lowest BCUT2D eigenvalue weighted by Gasteiger charge is -2.30. The summed E-state index contributed by atoms with van der Waals surface area (Å²) >= 11 is 1.41. The van der Waals surface area contributed by atoms with Crippen LogP contribution < -0.4 is 10.1 Å². The van der Waals surface area contributed by atoms with Gasteiger partial charge in [0.25, 0.3) is 11.8 Å². The normalized spacial score (nSPS) is 14.3. The number of nitrogens with zero attached hydrogens (tertiary/aromatic N) is 1. The van der Waals surface area contributed by atoms with Crippen LogP contribution in [0.15, 0.2) is 47.8 Å². The van der Waals surface area contributed by atoms with Crippen molar-refractivity contribution in [2.45, 2.75) is 12.8 Å². The van der Waals surface area contributed by atoms with E-state index >= 15 is 0 Å². The second kappa shape index (κ2) is 10.6. The van der Waals surface area contributed by atoms with Crippen molar-refractivity contribution in [1.82, 2.24) is 10.2 Å². The molecule has 0 saturated carbocycles. The molecule has 2 amide bonds. The number of nitrogens with one attached hydrogen (secondary N) is 1. The number of likely N-dealkylation sites (tertiary alicyclic amines) is 1. The van der Waals surface area contributed by atoms with Crippen LogP contribution in [0.25, 0.3) is 0 Å². The molecule has 1 N–H and O–H groups in total. The van der Waals surface area contributed by atoms with Crippen LogP contribution >= 0.6 is 11.3 Å². The fourth-order valence-corrected chi connectivity index (χ4v) is 3.75. The van der Waals surface area contributed by atoms with Crippen LogP contribution in [0.2, 0.25) is 0 Å². The van der Waals surface area contributed by atoms with E-state index in [1.54, 1.807) is 11.0 Å². The number of carbonyl (C=O) groups excluding carboxylic acids is 3. The van der Waals surface area contributed by atoms with Crippen LogP contribution in [0.4, 0.5) is 0 Å². The minimum atomic E-state index is -0.385. The standard InChI is InChI=1S/C21H24N2O5S/c24-19(22-10-13-27-17-5-2-1-3-6-17)15-28-21(26)16-8-11-23(12-9-16)20(25)18-7-4-14-29-18/h1-7,14,16H,8-13,15H2,(H,22,24). The van der Waals surface area contributed by atoms with Crippen LogP contribution in [0.3, 0.4) is 0 Å². The van der Waals surface area contributed by atoms with E-state index in [0.717, 1.165) is 5.75 Å². The van der Waals surface area contributed by atoms with E-state index in [2.05, 4.69) is 5.32 Å². The highest BCUT2D eigenvalue weighted by molar-refractivity contribution is 7.12. The topological polar surface area (TPSA) is 84.9 Å². The van der Waals surface area contributed by atoms with Crippen molar-refractivity contribution in [2.24, 2.45) is 5.92 Å². The van der Waals surface area contributed by atoms with Gasteiger partial charge in [-0.3, -0.25) is 14.4 Å². The highest BCUT2D eigenvalue weighted by atomic mass is 32.1. The number of rotatable bonds is 8. The van der Waals surface area contributed by atoms with Crippen LogP contribution in [0.5, 0.6) is 5.75 Å². The number of para-hydroxylation sites is 1. The first-order chi connectivity index (χ1) is 14.1. The SMILES string of the molecule is O=C(COC(=O)C1CCN(C(=O)c2cccs2)CC1)NCCOc1ccccc1. The van der Waals surface area contributed by atoms with Gasteiger partial charge in [0.05, 0.1) is 17.3 Å². The number of hydrogen-bond acceptors (Lipinski definition) is 6. The van der Waals surface area contributed by atoms with E-state index in [-0.39, 0.29) is 30.3 Å². The molecule has 29 heavy (non-hydrogen) atoms. The van der Waals surface area contributed by atoms with Crippen molar-refractivity contribution < 1.29 is 23.9 Å². The summed E-state index contributed by atoms with van der Waals surface area (Å²) in [7, 11) is 0. The predicted octanol–water partition coefficient (Wildman–Crippen LogP) is 2.34. The Morgan fingerprint density at radius 1 is 1.07 bits per heavy atom. The second-order valence-corrected chi connectivity index (χ2v) is 7.61. The molecule has 7 nitrogen and oxygen atoms in total. The average molecular weight is 416 g/mol. The zero-order valence-electron chi connectivity index (χ0n) is 16.0. The fourth-order valence-electron chi connectivity index (χ4n) is 3.06. The van der Waals surface area contributed by atoms with E-state index in [0.29, 0.717) is 44.0 Å². The van der Waals surface area contributed by atoms with E-state index in [1.807, 2.05) is 41.8 Å². The van der Waals surface area contributed by atoms with Gasteiger partial charge in [-0.2, -0.15) is 0 Å². The molecule has 3 rings (SSSR count). The molecular weight excluding hydrogens is 392 g/mol. The van der Waals surface area contributed by atoms with Gasteiger partial charge < -0.3 is 19.7 Å². The van der Waals surface area contributed by atoms with Crippen molar-refractivity contribution in [3.05, 3.63) is 52.7 Å². The van der Waals surface area contributed by atoms with Gasteiger partial charge in [0.1, 0.15) is 12.4 Å². The summed E-state index contributed by atoms with van der Waals surface area (Å²) in [5.41, 5.74) is 0. The number of piperidine rings is 1. The third-order valence-corrected chi connectivity index (χ3v) is 5.49. The number of carbonyl (C=O) groups is 3. The lowest BCUT2D eigenvalue weighted by atomic mass is 9.97. The quantitative estimate of drug-likeness (QED) is 0.527. The zero-order valence-corrected chi connectivity index (χ0v) is 16.9. The second-order valence-electron chi connectivity index (χ2n) is 6.66. The van der Waals surface area contributed by atoms with Gasteiger partial charge in [-0.1, -0.05) is 24.3 Å². The van der Waals surface area contributed by atoms with E-state index < -0.39 is 0 Å². The minimum Gasteiger partial charge on any atom is -0.492 e. The van der Waals surface area contributed by atoms with Crippen LogP contribution in [0.1, 0.15) is 22.5 Å². The van der Waals surface area contributed by atoms with Crippen LogP contribution in [-0.2, 0) is 14.3 Å². The van der Waals surface area contributed by atoms with Gasteiger partial charge in [-0.25, -0.2) is 0 Å². The number of benzene rings is 1. The molecule has 1 fully saturated rings. The summed E-state index contributed by atoms with van der Waals surface area (Å²) < 4.78 is 10.6. The highest BCUT2D eigenvalue weighted by Gasteiger charge is 2.29. The summed E-state index contributed by atoms with van der Waals surface area (Å²) in [5.74, 6) is -0.290. The third-order valence-electron chi connectivity index (χ3n) is 4.63. The minimum absolute atomic E-state index is 0.00363. The van der Waals surface area contributed by atoms with Gasteiger partial charge in [0.2, 0.25) is 0 Å². The molecule has 1 aromatic heterocycles. The zero-order chi connectivity index (χ0) is 20.5. The Morgan fingerprint density at radius 3 is 2.52 bits per heavy atom. The Kier molecular flexibility index (Phi) is 7.63. The molecule has 0 bridgehead atoms. The van der Waals surface area contributed by atoms with Crippen LogP contribution in [-0.4, -0.2) is 55.5 Å². The summed E-state index contributed by atoms with van der Waals surface area (Å²) in [6, 6.07) is 13.0. The molecule has 2 aromatic rings. The highest BCUT2D eigenvalue weighted by Crippen LogP contribution is 2.21. The first-order valence-electron chi connectivity index (χ1n) is 9.57. The summed E-state index contributed by atoms with van der Waals surface area (Å²) in [5, 5.41) is 4.53. The Balaban J connectivity index is 1.29. The molecule has 0 unspecified atom stereocenters. The first-order valence-corrected chi connectivity index (χ1v) is 10.5. The van der Waals surface area contributed by atoms with Gasteiger partial charge in [-0.05, 0) is 36.4 Å². The van der Waals surface area contributed by atoms with E-state index in [4.69, 9.17) is 9.47 Å². The number of esters is 1. The fraction of sp³-hybridized carbons (Fsp3) is 0.381. The molecule has 1 saturated heterocycles. The molecule has 2 heterocycles. The maximum absolute atomic E-state index is 12.3. The summed E-state index contributed by atoms with van der Waals surface area (Å²) in [6.07, 6.45) is 1.09. The lowest BCUT2D eigenvalue weighted by molar-refractivity contribution is -0.153. The molecule has 8 heteroatoms. The van der Waals surface area contributed by atoms with Crippen molar-refractivity contribution in [2.75, 3.05) is 32.8 Å². The van der Waals surface area contributed by atoms with E-state index in [9.17, 15) is 14.4 Å². The third kappa shape index (κ3) is 6.32. The molecule has 154 valence electrons. The van der Waals surface area contributed by atoms with Crippen LogP contribution in [0, 0.1) is 5.92 Å². The Bertz CT molecular complexity index is 802. The molecule has 0 radical (unpaired) electrons. The van der Waals surface area contributed by atoms with Crippen molar-refractivity contribution in [1.29, 1.82) is 0 Å². The van der Waals surface area contributed by atoms with Crippen molar-refractivity contribution in [3.63, 3.8) is 0 Å². The predicted molar refractivity (Wildman–Crippen MR) is 109 cm³/mol. The monoisotopic (exact) mass is 416 g/mol. The molecular formula is C21H24N2O5S. The molecule has 0 atom stereocenters. The van der Waals surface area contributed by atoms with Gasteiger partial charge in [0, 0.05) is 13.1 Å². The summed E-state index contributed by atoms with van der Waals surface area (Å²) in [6.45, 7) is 1.38.